The van der Waals surface area contributed by atoms with E-state index in [0.717, 1.165) is 0 Å². The molecule has 1 aliphatic rings. The molecule has 94 valence electrons. The molecule has 0 atom stereocenters. The van der Waals surface area contributed by atoms with Crippen molar-refractivity contribution >= 4 is 17.6 Å². The zero-order chi connectivity index (χ0) is 13.4. The minimum Gasteiger partial charge on any atom is -0.508 e. The normalized spacial score (nSPS) is 15.4. The number of ether oxygens (including phenoxy) is 1. The minimum absolute atomic E-state index is 0.0245. The van der Waals surface area contributed by atoms with E-state index in [2.05, 4.69) is 0 Å². The Kier molecular flexibility index (Phi) is 2.56. The van der Waals surface area contributed by atoms with E-state index >= 15 is 0 Å². The molecule has 0 aromatic heterocycles. The fourth-order valence-corrected chi connectivity index (χ4v) is 1.97. The fraction of sp³-hybridized carbons (Fsp3) is 0. The molecule has 1 N–H and O–H groups in total. The number of esters is 1. The van der Waals surface area contributed by atoms with Crippen molar-refractivity contribution in [3.8, 4) is 11.5 Å². The first-order valence-corrected chi connectivity index (χ1v) is 5.67. The highest BCUT2D eigenvalue weighted by atomic mass is 19.1. The summed E-state index contributed by atoms with van der Waals surface area (Å²) in [6.07, 6.45) is 1.42. The second-order valence-corrected chi connectivity index (χ2v) is 4.15. The second kappa shape index (κ2) is 4.24. The van der Waals surface area contributed by atoms with Gasteiger partial charge in [0.15, 0.2) is 0 Å². The first-order chi connectivity index (χ1) is 9.15. The maximum Gasteiger partial charge on any atom is 0.344 e. The number of rotatable bonds is 1. The highest BCUT2D eigenvalue weighted by Gasteiger charge is 2.27. The van der Waals surface area contributed by atoms with E-state index in [4.69, 9.17) is 4.74 Å². The summed E-state index contributed by atoms with van der Waals surface area (Å²) in [4.78, 5) is 11.8. The highest BCUT2D eigenvalue weighted by molar-refractivity contribution is 6.26. The predicted molar refractivity (Wildman–Crippen MR) is 68.0 cm³/mol. The lowest BCUT2D eigenvalue weighted by Crippen LogP contribution is -2.00. The predicted octanol–water partition coefficient (Wildman–Crippen LogP) is 2.99. The second-order valence-electron chi connectivity index (χ2n) is 4.15. The summed E-state index contributed by atoms with van der Waals surface area (Å²) in [7, 11) is 0. The molecule has 0 saturated carbocycles. The molecule has 2 aromatic carbocycles. The van der Waals surface area contributed by atoms with Crippen LogP contribution in [0.2, 0.25) is 0 Å². The van der Waals surface area contributed by atoms with E-state index in [1.807, 2.05) is 0 Å². The van der Waals surface area contributed by atoms with Gasteiger partial charge in [0.1, 0.15) is 17.3 Å². The van der Waals surface area contributed by atoms with Crippen molar-refractivity contribution in [1.82, 2.24) is 0 Å². The number of carbonyl (C=O) groups is 1. The van der Waals surface area contributed by atoms with Crippen LogP contribution in [0.4, 0.5) is 4.39 Å². The molecule has 0 unspecified atom stereocenters. The molecule has 0 radical (unpaired) electrons. The van der Waals surface area contributed by atoms with Crippen LogP contribution in [0.5, 0.6) is 11.5 Å². The van der Waals surface area contributed by atoms with Gasteiger partial charge in [-0.2, -0.15) is 0 Å². The maximum absolute atomic E-state index is 13.6. The average Bonchev–Trinajstić information content (AvgIpc) is 2.69. The molecule has 0 spiro atoms. The monoisotopic (exact) mass is 256 g/mol. The van der Waals surface area contributed by atoms with E-state index in [-0.39, 0.29) is 11.3 Å². The first kappa shape index (κ1) is 11.5. The molecule has 0 aliphatic carbocycles. The summed E-state index contributed by atoms with van der Waals surface area (Å²) in [5.74, 6) is -0.581. The SMILES string of the molecule is O=C1Oc2ccc(O)cc2/C1=C/c1ccccc1F. The smallest absolute Gasteiger partial charge is 0.344 e. The number of hydrogen-bond acceptors (Lipinski definition) is 3. The van der Waals surface area contributed by atoms with Crippen LogP contribution in [-0.4, -0.2) is 11.1 Å². The molecule has 0 saturated heterocycles. The van der Waals surface area contributed by atoms with Crippen LogP contribution in [0, 0.1) is 5.82 Å². The number of aromatic hydroxyl groups is 1. The van der Waals surface area contributed by atoms with E-state index in [0.29, 0.717) is 16.9 Å². The number of carbonyl (C=O) groups excluding carboxylic acids is 1. The van der Waals surface area contributed by atoms with Gasteiger partial charge in [-0.3, -0.25) is 0 Å². The van der Waals surface area contributed by atoms with Crippen molar-refractivity contribution in [2.75, 3.05) is 0 Å². The summed E-state index contributed by atoms with van der Waals surface area (Å²) >= 11 is 0. The molecule has 1 aliphatic heterocycles. The molecule has 2 aromatic rings. The zero-order valence-corrected chi connectivity index (χ0v) is 9.76. The lowest BCUT2D eigenvalue weighted by molar-refractivity contribution is -0.126. The van der Waals surface area contributed by atoms with Gasteiger partial charge in [0.25, 0.3) is 0 Å². The van der Waals surface area contributed by atoms with Gasteiger partial charge in [-0.05, 0) is 30.3 Å². The summed E-state index contributed by atoms with van der Waals surface area (Å²) in [5.41, 5.74) is 0.995. The van der Waals surface area contributed by atoms with Crippen LogP contribution < -0.4 is 4.74 Å². The third-order valence-electron chi connectivity index (χ3n) is 2.88. The molecule has 4 heteroatoms. The van der Waals surface area contributed by atoms with Crippen LogP contribution in [0.25, 0.3) is 11.6 Å². The maximum atomic E-state index is 13.6. The quantitative estimate of drug-likeness (QED) is 0.484. The number of halogens is 1. The molecule has 19 heavy (non-hydrogen) atoms. The Labute approximate surface area is 108 Å². The zero-order valence-electron chi connectivity index (χ0n) is 9.76. The Hall–Kier alpha value is -2.62. The van der Waals surface area contributed by atoms with Gasteiger partial charge >= 0.3 is 5.97 Å². The van der Waals surface area contributed by atoms with E-state index in [1.54, 1.807) is 18.2 Å². The number of phenolic OH excluding ortho intramolecular Hbond substituents is 1. The average molecular weight is 256 g/mol. The molecule has 0 fully saturated rings. The lowest BCUT2D eigenvalue weighted by Gasteiger charge is -1.99. The Morgan fingerprint density at radius 2 is 1.95 bits per heavy atom. The van der Waals surface area contributed by atoms with Gasteiger partial charge in [0.05, 0.1) is 5.57 Å². The van der Waals surface area contributed by atoms with Crippen molar-refractivity contribution in [2.24, 2.45) is 0 Å². The number of phenols is 1. The van der Waals surface area contributed by atoms with Gasteiger partial charge in [0.2, 0.25) is 0 Å². The van der Waals surface area contributed by atoms with Gasteiger partial charge < -0.3 is 9.84 Å². The number of hydrogen-bond donors (Lipinski definition) is 1. The first-order valence-electron chi connectivity index (χ1n) is 5.67. The van der Waals surface area contributed by atoms with Crippen LogP contribution in [0.3, 0.4) is 0 Å². The fourth-order valence-electron chi connectivity index (χ4n) is 1.97. The van der Waals surface area contributed by atoms with Crippen molar-refractivity contribution in [2.45, 2.75) is 0 Å². The van der Waals surface area contributed by atoms with Crippen molar-refractivity contribution < 1.29 is 19.0 Å². The summed E-state index contributed by atoms with van der Waals surface area (Å²) in [6.45, 7) is 0. The minimum atomic E-state index is -0.552. The third kappa shape index (κ3) is 1.97. The van der Waals surface area contributed by atoms with E-state index < -0.39 is 11.8 Å². The molecule has 3 nitrogen and oxygen atoms in total. The Balaban J connectivity index is 2.14. The molecule has 1 heterocycles. The Morgan fingerprint density at radius 3 is 2.74 bits per heavy atom. The van der Waals surface area contributed by atoms with Crippen molar-refractivity contribution in [1.29, 1.82) is 0 Å². The molecular formula is C15H9FO3. The Morgan fingerprint density at radius 1 is 1.16 bits per heavy atom. The van der Waals surface area contributed by atoms with E-state index in [1.165, 1.54) is 30.3 Å². The largest absolute Gasteiger partial charge is 0.508 e. The highest BCUT2D eigenvalue weighted by Crippen LogP contribution is 2.37. The van der Waals surface area contributed by atoms with Gasteiger partial charge in [0, 0.05) is 11.1 Å². The third-order valence-corrected chi connectivity index (χ3v) is 2.88. The molecule has 3 rings (SSSR count). The number of benzene rings is 2. The summed E-state index contributed by atoms with van der Waals surface area (Å²) in [6, 6.07) is 10.5. The van der Waals surface area contributed by atoms with Crippen LogP contribution >= 0.6 is 0 Å². The molecule has 0 amide bonds. The van der Waals surface area contributed by atoms with Crippen LogP contribution in [0.15, 0.2) is 42.5 Å². The molecule has 0 bridgehead atoms. The van der Waals surface area contributed by atoms with Gasteiger partial charge in [-0.25, -0.2) is 9.18 Å². The number of fused-ring (bicyclic) bond motifs is 1. The molecular weight excluding hydrogens is 247 g/mol. The summed E-state index contributed by atoms with van der Waals surface area (Å²) < 4.78 is 18.6. The van der Waals surface area contributed by atoms with Gasteiger partial charge in [-0.15, -0.1) is 0 Å². The van der Waals surface area contributed by atoms with Crippen molar-refractivity contribution in [3.05, 3.63) is 59.4 Å². The lowest BCUT2D eigenvalue weighted by atomic mass is 10.0. The standard InChI is InChI=1S/C15H9FO3/c16-13-4-2-1-3-9(13)7-12-11-8-10(17)5-6-14(11)19-15(12)18/h1-8,17H/b12-7-. The van der Waals surface area contributed by atoms with E-state index in [9.17, 15) is 14.3 Å². The van der Waals surface area contributed by atoms with Crippen LogP contribution in [-0.2, 0) is 4.79 Å². The van der Waals surface area contributed by atoms with Gasteiger partial charge in [-0.1, -0.05) is 18.2 Å². The Bertz CT molecular complexity index is 704. The summed E-state index contributed by atoms with van der Waals surface area (Å²) in [5, 5.41) is 9.45. The van der Waals surface area contributed by atoms with Crippen LogP contribution in [0.1, 0.15) is 11.1 Å². The topological polar surface area (TPSA) is 46.5 Å². The van der Waals surface area contributed by atoms with Crippen molar-refractivity contribution in [3.63, 3.8) is 0 Å².